The first-order valence-electron chi connectivity index (χ1n) is 6.88. The third kappa shape index (κ3) is 4.66. The predicted molar refractivity (Wildman–Crippen MR) is 96.7 cm³/mol. The van der Waals surface area contributed by atoms with E-state index in [1.807, 2.05) is 6.07 Å². The van der Waals surface area contributed by atoms with Crippen molar-refractivity contribution < 1.29 is 9.34 Å². The molecule has 0 saturated heterocycles. The Bertz CT molecular complexity index is 826. The Morgan fingerprint density at radius 1 is 1.38 bits per heavy atom. The molecule has 0 saturated carbocycles. The molecule has 0 amide bonds. The van der Waals surface area contributed by atoms with Crippen molar-refractivity contribution in [2.45, 2.75) is 10.8 Å². The van der Waals surface area contributed by atoms with E-state index in [4.69, 9.17) is 4.42 Å². The molecule has 3 aromatic rings. The van der Waals surface area contributed by atoms with Gasteiger partial charge < -0.3 is 9.73 Å². The van der Waals surface area contributed by atoms with Crippen LogP contribution in [0.3, 0.4) is 0 Å². The number of anilines is 1. The smallest absolute Gasteiger partial charge is 0.401 e. The van der Waals surface area contributed by atoms with Crippen LogP contribution in [-0.2, 0) is 6.42 Å². The van der Waals surface area contributed by atoms with Crippen molar-refractivity contribution in [3.05, 3.63) is 55.8 Å². The fraction of sp³-hybridized carbons (Fsp3) is 0.143. The highest BCUT2D eigenvalue weighted by Gasteiger charge is 2.10. The van der Waals surface area contributed by atoms with E-state index in [2.05, 4.69) is 27.0 Å². The minimum absolute atomic E-state index is 0.271. The molecule has 1 N–H and O–H groups in total. The highest BCUT2D eigenvalue weighted by Crippen LogP contribution is 2.27. The van der Waals surface area contributed by atoms with Crippen LogP contribution < -0.4 is 5.32 Å². The second-order valence-electron chi connectivity index (χ2n) is 4.48. The summed E-state index contributed by atoms with van der Waals surface area (Å²) in [6.45, 7) is 0.811. The predicted octanol–water partition coefficient (Wildman–Crippen LogP) is 4.52. The minimum Gasteiger partial charge on any atom is -0.401 e. The summed E-state index contributed by atoms with van der Waals surface area (Å²) in [4.78, 5) is 11.3. The fourth-order valence-electron chi connectivity index (χ4n) is 1.77. The average molecular weight is 380 g/mol. The number of rotatable bonds is 8. The van der Waals surface area contributed by atoms with Gasteiger partial charge in [-0.2, -0.15) is 0 Å². The SMILES string of the molecule is O=[N+]([O-])c1ccc(/C=C/Sc2nnc(NCCc3cccs3)s2)o1. The van der Waals surface area contributed by atoms with E-state index in [0.717, 1.165) is 22.4 Å². The lowest BCUT2D eigenvalue weighted by molar-refractivity contribution is -0.402. The molecule has 24 heavy (non-hydrogen) atoms. The Kier molecular flexibility index (Phi) is 5.62. The summed E-state index contributed by atoms with van der Waals surface area (Å²) in [5.74, 6) is 0.154. The van der Waals surface area contributed by atoms with Gasteiger partial charge in [-0.1, -0.05) is 29.2 Å². The van der Waals surface area contributed by atoms with Gasteiger partial charge >= 0.3 is 5.88 Å². The fourth-order valence-corrected chi connectivity index (χ4v) is 3.98. The maximum absolute atomic E-state index is 10.5. The van der Waals surface area contributed by atoms with Gasteiger partial charge in [-0.3, -0.25) is 10.1 Å². The van der Waals surface area contributed by atoms with Gasteiger partial charge in [0.15, 0.2) is 4.34 Å². The summed E-state index contributed by atoms with van der Waals surface area (Å²) in [6, 6.07) is 7.02. The summed E-state index contributed by atoms with van der Waals surface area (Å²) in [5.41, 5.74) is 0. The third-order valence-electron chi connectivity index (χ3n) is 2.83. The Balaban J connectivity index is 1.46. The molecule has 10 heteroatoms. The number of aromatic nitrogens is 2. The molecule has 0 radical (unpaired) electrons. The number of nitro groups is 1. The molecule has 3 rings (SSSR count). The molecular weight excluding hydrogens is 368 g/mol. The molecule has 0 aromatic carbocycles. The number of thioether (sulfide) groups is 1. The molecule has 0 aliphatic carbocycles. The number of thiophene rings is 1. The molecule has 0 spiro atoms. The van der Waals surface area contributed by atoms with Gasteiger partial charge in [0.25, 0.3) is 0 Å². The molecule has 0 atom stereocenters. The molecule has 7 nitrogen and oxygen atoms in total. The zero-order chi connectivity index (χ0) is 16.8. The highest BCUT2D eigenvalue weighted by atomic mass is 32.2. The Morgan fingerprint density at radius 3 is 3.04 bits per heavy atom. The van der Waals surface area contributed by atoms with Crippen molar-refractivity contribution >= 4 is 51.5 Å². The highest BCUT2D eigenvalue weighted by molar-refractivity contribution is 8.03. The molecule has 0 bridgehead atoms. The molecule has 3 heterocycles. The molecule has 0 aliphatic heterocycles. The van der Waals surface area contributed by atoms with Gasteiger partial charge in [-0.15, -0.1) is 21.5 Å². The Morgan fingerprint density at radius 2 is 2.29 bits per heavy atom. The zero-order valence-corrected chi connectivity index (χ0v) is 14.7. The van der Waals surface area contributed by atoms with Gasteiger partial charge in [-0.05, 0) is 35.4 Å². The first kappa shape index (κ1) is 16.7. The summed E-state index contributed by atoms with van der Waals surface area (Å²) in [5, 5.41) is 26.5. The van der Waals surface area contributed by atoms with Crippen LogP contribution >= 0.6 is 34.4 Å². The van der Waals surface area contributed by atoms with E-state index in [1.165, 1.54) is 34.0 Å². The second-order valence-corrected chi connectivity index (χ2v) is 7.65. The summed E-state index contributed by atoms with van der Waals surface area (Å²) < 4.78 is 5.82. The standard InChI is InChI=1S/C14H12N4O3S3/c19-18(20)12-4-3-10(21-12)6-9-23-14-17-16-13(24-14)15-7-5-11-2-1-8-22-11/h1-4,6,8-9H,5,7H2,(H,15,16)/b9-6+. The molecule has 0 unspecified atom stereocenters. The number of hydrogen-bond donors (Lipinski definition) is 1. The van der Waals surface area contributed by atoms with Crippen LogP contribution in [0.25, 0.3) is 6.08 Å². The Labute approximate surface area is 149 Å². The molecule has 124 valence electrons. The van der Waals surface area contributed by atoms with Gasteiger partial charge in [0, 0.05) is 11.4 Å². The largest absolute Gasteiger partial charge is 0.433 e. The summed E-state index contributed by atoms with van der Waals surface area (Å²) >= 11 is 4.58. The maximum Gasteiger partial charge on any atom is 0.433 e. The second kappa shape index (κ2) is 8.08. The zero-order valence-electron chi connectivity index (χ0n) is 12.2. The molecule has 3 aromatic heterocycles. The number of nitrogens with zero attached hydrogens (tertiary/aromatic N) is 3. The normalized spacial score (nSPS) is 11.2. The van der Waals surface area contributed by atoms with Crippen molar-refractivity contribution in [3.63, 3.8) is 0 Å². The number of furan rings is 1. The van der Waals surface area contributed by atoms with Crippen LogP contribution in [0.1, 0.15) is 10.6 Å². The number of hydrogen-bond acceptors (Lipinski definition) is 9. The topological polar surface area (TPSA) is 94.1 Å². The van der Waals surface area contributed by atoms with Gasteiger partial charge in [0.05, 0.1) is 6.07 Å². The number of nitrogens with one attached hydrogen (secondary N) is 1. The van der Waals surface area contributed by atoms with E-state index in [1.54, 1.807) is 28.9 Å². The molecular formula is C14H12N4O3S3. The van der Waals surface area contributed by atoms with E-state index >= 15 is 0 Å². The maximum atomic E-state index is 10.5. The lowest BCUT2D eigenvalue weighted by atomic mass is 10.3. The Hall–Kier alpha value is -2.17. The van der Waals surface area contributed by atoms with Crippen LogP contribution in [0, 0.1) is 10.1 Å². The first-order valence-corrected chi connectivity index (χ1v) is 9.45. The van der Waals surface area contributed by atoms with Crippen LogP contribution in [0.5, 0.6) is 0 Å². The van der Waals surface area contributed by atoms with E-state index in [-0.39, 0.29) is 5.88 Å². The summed E-state index contributed by atoms with van der Waals surface area (Å²) in [7, 11) is 0. The van der Waals surface area contributed by atoms with E-state index in [9.17, 15) is 10.1 Å². The van der Waals surface area contributed by atoms with Crippen molar-refractivity contribution in [2.24, 2.45) is 0 Å². The lowest BCUT2D eigenvalue weighted by Gasteiger charge is -1.98. The quantitative estimate of drug-likeness (QED) is 0.349. The summed E-state index contributed by atoms with van der Waals surface area (Å²) in [6.07, 6.45) is 2.61. The monoisotopic (exact) mass is 380 g/mol. The van der Waals surface area contributed by atoms with Crippen molar-refractivity contribution in [2.75, 3.05) is 11.9 Å². The molecule has 0 aliphatic rings. The van der Waals surface area contributed by atoms with E-state index < -0.39 is 4.92 Å². The van der Waals surface area contributed by atoms with Crippen LogP contribution in [0.4, 0.5) is 11.0 Å². The van der Waals surface area contributed by atoms with Crippen molar-refractivity contribution in [1.82, 2.24) is 10.2 Å². The van der Waals surface area contributed by atoms with Gasteiger partial charge in [0.2, 0.25) is 5.13 Å². The van der Waals surface area contributed by atoms with Gasteiger partial charge in [0.1, 0.15) is 10.7 Å². The third-order valence-corrected chi connectivity index (χ3v) is 5.53. The van der Waals surface area contributed by atoms with Crippen LogP contribution in [-0.4, -0.2) is 21.7 Å². The van der Waals surface area contributed by atoms with Crippen molar-refractivity contribution in [3.8, 4) is 0 Å². The average Bonchev–Trinajstić information content (AvgIpc) is 3.29. The van der Waals surface area contributed by atoms with Crippen LogP contribution in [0.15, 0.2) is 43.8 Å². The first-order chi connectivity index (χ1) is 11.7. The molecule has 0 fully saturated rings. The van der Waals surface area contributed by atoms with E-state index in [0.29, 0.717) is 5.76 Å². The lowest BCUT2D eigenvalue weighted by Crippen LogP contribution is -2.03. The minimum atomic E-state index is -0.566. The van der Waals surface area contributed by atoms with Gasteiger partial charge in [-0.25, -0.2) is 0 Å². The van der Waals surface area contributed by atoms with Crippen molar-refractivity contribution in [1.29, 1.82) is 0 Å². The van der Waals surface area contributed by atoms with Crippen LogP contribution in [0.2, 0.25) is 0 Å².